The number of carbonyl (C=O) groups is 1. The molecule has 0 spiro atoms. The number of halogens is 2. The molecular formula is C9H9F2NOS2. The number of nitrogens with one attached hydrogen (secondary N) is 1. The molecule has 0 aliphatic rings. The maximum atomic E-state index is 12.0. The fourth-order valence-electron chi connectivity index (χ4n) is 0.920. The number of anilines is 1. The summed E-state index contributed by atoms with van der Waals surface area (Å²) in [5.41, 5.74) is 0.577. The molecule has 0 saturated heterocycles. The van der Waals surface area contributed by atoms with Crippen LogP contribution in [-0.4, -0.2) is 17.4 Å². The minimum absolute atomic E-state index is 0.0908. The number of hydrogen-bond acceptors (Lipinski definition) is 3. The molecule has 0 bridgehead atoms. The molecule has 0 aliphatic heterocycles. The molecule has 2 nitrogen and oxygen atoms in total. The van der Waals surface area contributed by atoms with Gasteiger partial charge in [0.1, 0.15) is 0 Å². The summed E-state index contributed by atoms with van der Waals surface area (Å²) in [4.78, 5) is 11.4. The predicted octanol–water partition coefficient (Wildman–Crippen LogP) is 2.87. The lowest BCUT2D eigenvalue weighted by molar-refractivity contribution is -0.113. The highest BCUT2D eigenvalue weighted by Gasteiger charge is 2.05. The molecule has 0 fully saturated rings. The van der Waals surface area contributed by atoms with Crippen molar-refractivity contribution < 1.29 is 13.6 Å². The van der Waals surface area contributed by atoms with Crippen LogP contribution in [-0.2, 0) is 4.79 Å². The summed E-state index contributed by atoms with van der Waals surface area (Å²) >= 11 is 4.27. The average molecular weight is 249 g/mol. The van der Waals surface area contributed by atoms with Crippen LogP contribution in [0.1, 0.15) is 0 Å². The van der Waals surface area contributed by atoms with Gasteiger partial charge in [-0.05, 0) is 24.3 Å². The lowest BCUT2D eigenvalue weighted by atomic mass is 10.3. The SMILES string of the molecule is O=C(CS)Nc1ccc(SC(F)F)cc1. The van der Waals surface area contributed by atoms with Crippen molar-refractivity contribution >= 4 is 36.0 Å². The number of rotatable bonds is 4. The van der Waals surface area contributed by atoms with Gasteiger partial charge in [-0.15, -0.1) is 0 Å². The standard InChI is InChI=1S/C9H9F2NOS2/c10-9(11)15-7-3-1-6(2-4-7)12-8(13)5-14/h1-4,9,14H,5H2,(H,12,13). The molecule has 15 heavy (non-hydrogen) atoms. The molecule has 1 rings (SSSR count). The lowest BCUT2D eigenvalue weighted by Crippen LogP contribution is -2.12. The first kappa shape index (κ1) is 12.3. The summed E-state index contributed by atoms with van der Waals surface area (Å²) < 4.78 is 23.9. The van der Waals surface area contributed by atoms with Crippen LogP contribution in [0.3, 0.4) is 0 Å². The zero-order chi connectivity index (χ0) is 11.3. The van der Waals surface area contributed by atoms with Crippen molar-refractivity contribution in [2.24, 2.45) is 0 Å². The molecular weight excluding hydrogens is 240 g/mol. The first-order chi connectivity index (χ1) is 7.11. The molecule has 0 unspecified atom stereocenters. The van der Waals surface area contributed by atoms with Gasteiger partial charge in [-0.3, -0.25) is 4.79 Å². The molecule has 0 aromatic heterocycles. The van der Waals surface area contributed by atoms with Crippen LogP contribution in [0.4, 0.5) is 14.5 Å². The number of benzene rings is 1. The van der Waals surface area contributed by atoms with Gasteiger partial charge in [-0.25, -0.2) is 0 Å². The number of alkyl halides is 2. The summed E-state index contributed by atoms with van der Waals surface area (Å²) in [6, 6.07) is 6.22. The van der Waals surface area contributed by atoms with Gasteiger partial charge >= 0.3 is 0 Å². The molecule has 1 aromatic carbocycles. The quantitative estimate of drug-likeness (QED) is 0.634. The summed E-state index contributed by atoms with van der Waals surface area (Å²) in [5.74, 6) is -2.57. The first-order valence-electron chi connectivity index (χ1n) is 4.07. The maximum Gasteiger partial charge on any atom is 0.288 e. The third-order valence-corrected chi connectivity index (χ3v) is 2.52. The van der Waals surface area contributed by atoms with Crippen LogP contribution in [0.15, 0.2) is 29.2 Å². The van der Waals surface area contributed by atoms with E-state index in [-0.39, 0.29) is 11.7 Å². The van der Waals surface area contributed by atoms with Crippen molar-refractivity contribution in [3.05, 3.63) is 24.3 Å². The van der Waals surface area contributed by atoms with Crippen molar-refractivity contribution in [1.29, 1.82) is 0 Å². The smallest absolute Gasteiger partial charge is 0.288 e. The molecule has 0 radical (unpaired) electrons. The third kappa shape index (κ3) is 4.53. The molecule has 0 heterocycles. The van der Waals surface area contributed by atoms with E-state index in [4.69, 9.17) is 0 Å². The second-order valence-corrected chi connectivity index (χ2v) is 3.99. The number of carbonyl (C=O) groups excluding carboxylic acids is 1. The van der Waals surface area contributed by atoms with Crippen LogP contribution in [0.5, 0.6) is 0 Å². The zero-order valence-electron chi connectivity index (χ0n) is 7.61. The van der Waals surface area contributed by atoms with Crippen LogP contribution in [0.2, 0.25) is 0 Å². The van der Waals surface area contributed by atoms with E-state index in [9.17, 15) is 13.6 Å². The van der Waals surface area contributed by atoms with Crippen LogP contribution < -0.4 is 5.32 Å². The first-order valence-corrected chi connectivity index (χ1v) is 5.58. The van der Waals surface area contributed by atoms with Gasteiger partial charge < -0.3 is 5.32 Å². The Morgan fingerprint density at radius 1 is 1.40 bits per heavy atom. The molecule has 6 heteroatoms. The summed E-state index contributed by atoms with van der Waals surface area (Å²) in [5, 5.41) is 2.56. The van der Waals surface area contributed by atoms with Gasteiger partial charge in [-0.1, -0.05) is 11.8 Å². The zero-order valence-corrected chi connectivity index (χ0v) is 9.32. The van der Waals surface area contributed by atoms with E-state index < -0.39 is 5.76 Å². The van der Waals surface area contributed by atoms with Crippen LogP contribution in [0.25, 0.3) is 0 Å². The van der Waals surface area contributed by atoms with E-state index in [1.54, 1.807) is 12.1 Å². The Morgan fingerprint density at radius 3 is 2.47 bits per heavy atom. The van der Waals surface area contributed by atoms with Gasteiger partial charge in [0.25, 0.3) is 5.76 Å². The largest absolute Gasteiger partial charge is 0.325 e. The van der Waals surface area contributed by atoms with E-state index >= 15 is 0 Å². The Labute approximate surface area is 95.8 Å². The Hall–Kier alpha value is -0.750. The topological polar surface area (TPSA) is 29.1 Å². The number of thioether (sulfide) groups is 1. The van der Waals surface area contributed by atoms with Crippen molar-refractivity contribution in [2.45, 2.75) is 10.7 Å². The summed E-state index contributed by atoms with van der Waals surface area (Å²) in [6.07, 6.45) is 0. The van der Waals surface area contributed by atoms with Gasteiger partial charge in [0.05, 0.1) is 5.75 Å². The Kier molecular flexibility index (Phi) is 4.90. The second-order valence-electron chi connectivity index (χ2n) is 2.61. The highest BCUT2D eigenvalue weighted by molar-refractivity contribution is 7.99. The normalized spacial score (nSPS) is 10.4. The van der Waals surface area contributed by atoms with E-state index in [1.165, 1.54) is 12.1 Å². The molecule has 1 amide bonds. The number of thiol groups is 1. The van der Waals surface area contributed by atoms with Crippen molar-refractivity contribution in [1.82, 2.24) is 0 Å². The van der Waals surface area contributed by atoms with Crippen molar-refractivity contribution in [3.63, 3.8) is 0 Å². The van der Waals surface area contributed by atoms with Gasteiger partial charge in [0.2, 0.25) is 5.91 Å². The lowest BCUT2D eigenvalue weighted by Gasteiger charge is -2.04. The molecule has 0 atom stereocenters. The van der Waals surface area contributed by atoms with E-state index in [0.717, 1.165) is 0 Å². The fraction of sp³-hybridized carbons (Fsp3) is 0.222. The highest BCUT2D eigenvalue weighted by Crippen LogP contribution is 2.26. The van der Waals surface area contributed by atoms with E-state index in [2.05, 4.69) is 17.9 Å². The highest BCUT2D eigenvalue weighted by atomic mass is 32.2. The molecule has 0 aliphatic carbocycles. The average Bonchev–Trinajstić information content (AvgIpc) is 2.20. The summed E-state index contributed by atoms with van der Waals surface area (Å²) in [7, 11) is 0. The Morgan fingerprint density at radius 2 is 2.00 bits per heavy atom. The minimum atomic E-state index is -2.43. The summed E-state index contributed by atoms with van der Waals surface area (Å²) in [6.45, 7) is 0. The molecule has 0 saturated carbocycles. The molecule has 1 aromatic rings. The maximum absolute atomic E-state index is 12.0. The molecule has 1 N–H and O–H groups in total. The molecule has 82 valence electrons. The van der Waals surface area contributed by atoms with E-state index in [1.807, 2.05) is 0 Å². The third-order valence-electron chi connectivity index (χ3n) is 1.51. The minimum Gasteiger partial charge on any atom is -0.325 e. The number of hydrogen-bond donors (Lipinski definition) is 2. The van der Waals surface area contributed by atoms with Gasteiger partial charge in [0.15, 0.2) is 0 Å². The second kappa shape index (κ2) is 5.97. The Balaban J connectivity index is 2.60. The van der Waals surface area contributed by atoms with Crippen LogP contribution in [0, 0.1) is 0 Å². The fourth-order valence-corrected chi connectivity index (χ4v) is 1.50. The van der Waals surface area contributed by atoms with Crippen LogP contribution >= 0.6 is 24.4 Å². The van der Waals surface area contributed by atoms with Crippen molar-refractivity contribution in [2.75, 3.05) is 11.1 Å². The van der Waals surface area contributed by atoms with Gasteiger partial charge in [0, 0.05) is 10.6 Å². The number of amides is 1. The van der Waals surface area contributed by atoms with E-state index in [0.29, 0.717) is 22.3 Å². The predicted molar refractivity (Wildman–Crippen MR) is 60.8 cm³/mol. The monoisotopic (exact) mass is 249 g/mol. The van der Waals surface area contributed by atoms with Crippen molar-refractivity contribution in [3.8, 4) is 0 Å². The van der Waals surface area contributed by atoms with Gasteiger partial charge in [-0.2, -0.15) is 21.4 Å². The Bertz CT molecular complexity index is 329.